The Morgan fingerprint density at radius 2 is 1.90 bits per heavy atom. The molecular formula is C14H11F3O2S. The number of esters is 1. The normalized spacial score (nSPS) is 11.4. The van der Waals surface area contributed by atoms with Gasteiger partial charge in [-0.15, -0.1) is 11.3 Å². The highest BCUT2D eigenvalue weighted by Gasteiger charge is 2.35. The fraction of sp³-hybridized carbons (Fsp3) is 0.214. The van der Waals surface area contributed by atoms with Crippen molar-refractivity contribution in [3.05, 3.63) is 45.6 Å². The van der Waals surface area contributed by atoms with Crippen molar-refractivity contribution in [2.24, 2.45) is 0 Å². The van der Waals surface area contributed by atoms with Crippen LogP contribution in [0.4, 0.5) is 13.2 Å². The maximum atomic E-state index is 13.1. The maximum Gasteiger partial charge on any atom is 0.417 e. The fourth-order valence-electron chi connectivity index (χ4n) is 1.97. The zero-order valence-electron chi connectivity index (χ0n) is 10.7. The third-order valence-corrected chi connectivity index (χ3v) is 3.93. The molecule has 0 aliphatic heterocycles. The summed E-state index contributed by atoms with van der Waals surface area (Å²) in [6, 6.07) is 5.21. The zero-order valence-corrected chi connectivity index (χ0v) is 11.6. The standard InChI is InChI=1S/C14H11F3O2S/c1-8-7-20-12(13(18)19-2)11(8)9-5-3-4-6-10(9)14(15,16)17/h3-7H,1-2H3. The average Bonchev–Trinajstić information content (AvgIpc) is 2.78. The molecule has 0 aliphatic rings. The van der Waals surface area contributed by atoms with E-state index in [1.165, 1.54) is 25.3 Å². The molecule has 1 heterocycles. The van der Waals surface area contributed by atoms with Crippen LogP contribution in [0.15, 0.2) is 29.6 Å². The van der Waals surface area contributed by atoms with Gasteiger partial charge in [-0.25, -0.2) is 4.79 Å². The van der Waals surface area contributed by atoms with Crippen LogP contribution in [-0.2, 0) is 10.9 Å². The van der Waals surface area contributed by atoms with E-state index in [-0.39, 0.29) is 16.0 Å². The first-order valence-corrected chi connectivity index (χ1v) is 6.57. The van der Waals surface area contributed by atoms with Gasteiger partial charge in [0, 0.05) is 5.56 Å². The van der Waals surface area contributed by atoms with E-state index in [1.54, 1.807) is 12.3 Å². The number of ether oxygens (including phenoxy) is 1. The smallest absolute Gasteiger partial charge is 0.417 e. The van der Waals surface area contributed by atoms with E-state index < -0.39 is 17.7 Å². The van der Waals surface area contributed by atoms with Gasteiger partial charge < -0.3 is 4.74 Å². The molecule has 0 unspecified atom stereocenters. The Hall–Kier alpha value is -1.82. The first-order valence-electron chi connectivity index (χ1n) is 5.69. The molecule has 0 spiro atoms. The quantitative estimate of drug-likeness (QED) is 0.762. The molecular weight excluding hydrogens is 289 g/mol. The molecule has 2 rings (SSSR count). The Kier molecular flexibility index (Phi) is 3.85. The number of hydrogen-bond acceptors (Lipinski definition) is 3. The third-order valence-electron chi connectivity index (χ3n) is 2.85. The summed E-state index contributed by atoms with van der Waals surface area (Å²) in [6.45, 7) is 1.67. The molecule has 0 radical (unpaired) electrons. The molecule has 2 aromatic rings. The van der Waals surface area contributed by atoms with Crippen molar-refractivity contribution in [3.8, 4) is 11.1 Å². The van der Waals surface area contributed by atoms with Crippen molar-refractivity contribution >= 4 is 17.3 Å². The lowest BCUT2D eigenvalue weighted by Gasteiger charge is -2.13. The number of hydrogen-bond donors (Lipinski definition) is 0. The molecule has 0 saturated carbocycles. The number of methoxy groups -OCH3 is 1. The van der Waals surface area contributed by atoms with Crippen LogP contribution in [-0.4, -0.2) is 13.1 Å². The van der Waals surface area contributed by atoms with Gasteiger partial charge in [0.25, 0.3) is 0 Å². The second-order valence-electron chi connectivity index (χ2n) is 4.16. The second-order valence-corrected chi connectivity index (χ2v) is 5.04. The summed E-state index contributed by atoms with van der Waals surface area (Å²) in [7, 11) is 1.21. The van der Waals surface area contributed by atoms with Crippen LogP contribution in [0.5, 0.6) is 0 Å². The number of thiophene rings is 1. The fourth-order valence-corrected chi connectivity index (χ4v) is 2.95. The minimum Gasteiger partial charge on any atom is -0.465 e. The Bertz CT molecular complexity index is 644. The highest BCUT2D eigenvalue weighted by Crippen LogP contribution is 2.41. The number of halogens is 3. The van der Waals surface area contributed by atoms with E-state index in [0.29, 0.717) is 5.56 Å². The Balaban J connectivity index is 2.70. The van der Waals surface area contributed by atoms with Gasteiger partial charge in [0.2, 0.25) is 0 Å². The van der Waals surface area contributed by atoms with Crippen LogP contribution >= 0.6 is 11.3 Å². The predicted octanol–water partition coefficient (Wildman–Crippen LogP) is 4.53. The summed E-state index contributed by atoms with van der Waals surface area (Å²) in [5.74, 6) is -0.630. The SMILES string of the molecule is COC(=O)c1scc(C)c1-c1ccccc1C(F)(F)F. The first-order chi connectivity index (χ1) is 9.36. The monoisotopic (exact) mass is 300 g/mol. The van der Waals surface area contributed by atoms with Crippen LogP contribution in [0.25, 0.3) is 11.1 Å². The molecule has 0 N–H and O–H groups in total. The summed E-state index contributed by atoms with van der Waals surface area (Å²) in [6.07, 6.45) is -4.47. The van der Waals surface area contributed by atoms with Gasteiger partial charge in [-0.3, -0.25) is 0 Å². The van der Waals surface area contributed by atoms with Crippen molar-refractivity contribution in [2.45, 2.75) is 13.1 Å². The molecule has 6 heteroatoms. The van der Waals surface area contributed by atoms with Crippen molar-refractivity contribution in [1.82, 2.24) is 0 Å². The lowest BCUT2D eigenvalue weighted by Crippen LogP contribution is -2.08. The van der Waals surface area contributed by atoms with Crippen LogP contribution in [0.1, 0.15) is 20.8 Å². The minimum absolute atomic E-state index is 0.000787. The van der Waals surface area contributed by atoms with E-state index >= 15 is 0 Å². The maximum absolute atomic E-state index is 13.1. The van der Waals surface area contributed by atoms with Crippen LogP contribution < -0.4 is 0 Å². The van der Waals surface area contributed by atoms with E-state index in [0.717, 1.165) is 17.4 Å². The number of carbonyl (C=O) groups is 1. The van der Waals surface area contributed by atoms with Crippen LogP contribution in [0.3, 0.4) is 0 Å². The molecule has 0 fully saturated rings. The topological polar surface area (TPSA) is 26.3 Å². The van der Waals surface area contributed by atoms with Crippen LogP contribution in [0, 0.1) is 6.92 Å². The largest absolute Gasteiger partial charge is 0.465 e. The molecule has 106 valence electrons. The summed E-state index contributed by atoms with van der Waals surface area (Å²) in [5, 5.41) is 1.65. The molecule has 0 aliphatic carbocycles. The predicted molar refractivity (Wildman–Crippen MR) is 70.8 cm³/mol. The molecule has 0 atom stereocenters. The molecule has 1 aromatic heterocycles. The van der Waals surface area contributed by atoms with E-state index in [1.807, 2.05) is 0 Å². The second kappa shape index (κ2) is 5.28. The Morgan fingerprint density at radius 1 is 1.25 bits per heavy atom. The third kappa shape index (κ3) is 2.56. The molecule has 1 aromatic carbocycles. The van der Waals surface area contributed by atoms with E-state index in [4.69, 9.17) is 0 Å². The van der Waals surface area contributed by atoms with Crippen molar-refractivity contribution in [1.29, 1.82) is 0 Å². The lowest BCUT2D eigenvalue weighted by atomic mass is 9.97. The highest BCUT2D eigenvalue weighted by atomic mass is 32.1. The van der Waals surface area contributed by atoms with Gasteiger partial charge >= 0.3 is 12.1 Å². The Morgan fingerprint density at radius 3 is 2.50 bits per heavy atom. The number of alkyl halides is 3. The molecule has 0 saturated heterocycles. The summed E-state index contributed by atoms with van der Waals surface area (Å²) < 4.78 is 43.8. The number of benzene rings is 1. The van der Waals surface area contributed by atoms with Gasteiger partial charge in [-0.2, -0.15) is 13.2 Å². The van der Waals surface area contributed by atoms with Gasteiger partial charge in [0.15, 0.2) is 0 Å². The van der Waals surface area contributed by atoms with Gasteiger partial charge in [0.05, 0.1) is 12.7 Å². The lowest BCUT2D eigenvalue weighted by molar-refractivity contribution is -0.137. The van der Waals surface area contributed by atoms with Gasteiger partial charge in [0.1, 0.15) is 4.88 Å². The first kappa shape index (κ1) is 14.6. The van der Waals surface area contributed by atoms with E-state index in [9.17, 15) is 18.0 Å². The Labute approximate surface area is 117 Å². The van der Waals surface area contributed by atoms with Gasteiger partial charge in [-0.05, 0) is 29.5 Å². The van der Waals surface area contributed by atoms with Crippen molar-refractivity contribution < 1.29 is 22.7 Å². The van der Waals surface area contributed by atoms with Crippen molar-refractivity contribution in [3.63, 3.8) is 0 Å². The van der Waals surface area contributed by atoms with Crippen molar-refractivity contribution in [2.75, 3.05) is 7.11 Å². The molecule has 0 amide bonds. The minimum atomic E-state index is -4.47. The molecule has 2 nitrogen and oxygen atoms in total. The summed E-state index contributed by atoms with van der Waals surface area (Å²) in [4.78, 5) is 11.9. The zero-order chi connectivity index (χ0) is 14.9. The molecule has 20 heavy (non-hydrogen) atoms. The number of carbonyl (C=O) groups excluding carboxylic acids is 1. The summed E-state index contributed by atoms with van der Waals surface area (Å²) in [5.41, 5.74) is 0.146. The van der Waals surface area contributed by atoms with Crippen LogP contribution in [0.2, 0.25) is 0 Å². The highest BCUT2D eigenvalue weighted by molar-refractivity contribution is 7.12. The molecule has 0 bridgehead atoms. The van der Waals surface area contributed by atoms with Gasteiger partial charge in [-0.1, -0.05) is 18.2 Å². The average molecular weight is 300 g/mol. The number of rotatable bonds is 2. The summed E-state index contributed by atoms with van der Waals surface area (Å²) >= 11 is 1.08. The van der Waals surface area contributed by atoms with E-state index in [2.05, 4.69) is 4.74 Å². The number of aryl methyl sites for hydroxylation is 1.